The van der Waals surface area contributed by atoms with Gasteiger partial charge in [-0.05, 0) is 30.5 Å². The van der Waals surface area contributed by atoms with Crippen LogP contribution in [-0.2, 0) is 11.3 Å². The average molecular weight is 556 g/mol. The van der Waals surface area contributed by atoms with Gasteiger partial charge in [0.1, 0.15) is 19.0 Å². The number of aliphatic imine (C=N–C) groups is 1. The topological polar surface area (TPSA) is 97.2 Å². The Morgan fingerprint density at radius 2 is 1.97 bits per heavy atom. The van der Waals surface area contributed by atoms with Gasteiger partial charge < -0.3 is 30.0 Å². The molecule has 1 aromatic heterocycles. The van der Waals surface area contributed by atoms with Crippen LogP contribution >= 0.6 is 24.0 Å². The van der Waals surface area contributed by atoms with Crippen molar-refractivity contribution in [3.05, 3.63) is 54.2 Å². The predicted molar refractivity (Wildman–Crippen MR) is 135 cm³/mol. The molecule has 1 aliphatic rings. The van der Waals surface area contributed by atoms with Gasteiger partial charge in [-0.3, -0.25) is 4.99 Å². The van der Waals surface area contributed by atoms with Gasteiger partial charge in [-0.1, -0.05) is 24.3 Å². The van der Waals surface area contributed by atoms with Crippen LogP contribution < -0.4 is 20.1 Å². The Morgan fingerprint density at radius 1 is 1.16 bits per heavy atom. The van der Waals surface area contributed by atoms with E-state index in [9.17, 15) is 5.11 Å². The van der Waals surface area contributed by atoms with Crippen molar-refractivity contribution < 1.29 is 19.3 Å². The maximum absolute atomic E-state index is 9.36. The number of hydrogen-bond acceptors (Lipinski definition) is 6. The number of aliphatic hydroxyl groups excluding tert-OH is 1. The van der Waals surface area contributed by atoms with Crippen molar-refractivity contribution >= 4 is 29.9 Å². The monoisotopic (exact) mass is 556 g/mol. The summed E-state index contributed by atoms with van der Waals surface area (Å²) in [6, 6.07) is 13.5. The molecule has 8 nitrogen and oxygen atoms in total. The SMILES string of the molecule is CN=C(NCc1ccc(OCCOc2ccccc2)nc1)NCC1(CCO)CCOC1.I. The average Bonchev–Trinajstić information content (AvgIpc) is 3.27. The Hall–Kier alpha value is -2.11. The normalized spacial score (nSPS) is 18.0. The van der Waals surface area contributed by atoms with Crippen molar-refractivity contribution in [3.63, 3.8) is 0 Å². The molecule has 1 saturated heterocycles. The molecule has 176 valence electrons. The van der Waals surface area contributed by atoms with E-state index >= 15 is 0 Å². The highest BCUT2D eigenvalue weighted by molar-refractivity contribution is 14.0. The molecule has 2 aromatic rings. The molecular weight excluding hydrogens is 523 g/mol. The van der Waals surface area contributed by atoms with Crippen LogP contribution in [0.4, 0.5) is 0 Å². The third-order valence-corrected chi connectivity index (χ3v) is 5.28. The molecule has 2 heterocycles. The van der Waals surface area contributed by atoms with Gasteiger partial charge >= 0.3 is 0 Å². The third kappa shape index (κ3) is 8.44. The maximum Gasteiger partial charge on any atom is 0.213 e. The fraction of sp³-hybridized carbons (Fsp3) is 0.478. The van der Waals surface area contributed by atoms with Gasteiger partial charge in [0.2, 0.25) is 5.88 Å². The zero-order chi connectivity index (χ0) is 21.8. The highest BCUT2D eigenvalue weighted by Gasteiger charge is 2.34. The van der Waals surface area contributed by atoms with Gasteiger partial charge in [0.05, 0.1) is 6.61 Å². The Kier molecular flexibility index (Phi) is 11.5. The number of para-hydroxylation sites is 1. The molecule has 1 unspecified atom stereocenters. The van der Waals surface area contributed by atoms with E-state index in [0.717, 1.165) is 30.8 Å². The summed E-state index contributed by atoms with van der Waals surface area (Å²) in [6.07, 6.45) is 3.45. The molecule has 1 aliphatic heterocycles. The van der Waals surface area contributed by atoms with Crippen LogP contribution in [0.2, 0.25) is 0 Å². The highest BCUT2D eigenvalue weighted by atomic mass is 127. The van der Waals surface area contributed by atoms with Gasteiger partial charge in [-0.25, -0.2) is 4.98 Å². The van der Waals surface area contributed by atoms with Gasteiger partial charge in [0, 0.05) is 51.0 Å². The van der Waals surface area contributed by atoms with E-state index in [1.165, 1.54) is 0 Å². The van der Waals surface area contributed by atoms with E-state index < -0.39 is 0 Å². The first-order valence-corrected chi connectivity index (χ1v) is 10.6. The number of nitrogens with zero attached hydrogens (tertiary/aromatic N) is 2. The Morgan fingerprint density at radius 3 is 2.62 bits per heavy atom. The Bertz CT molecular complexity index is 799. The van der Waals surface area contributed by atoms with Crippen LogP contribution in [0.25, 0.3) is 0 Å². The van der Waals surface area contributed by atoms with Gasteiger partial charge in [-0.2, -0.15) is 0 Å². The van der Waals surface area contributed by atoms with Gasteiger partial charge in [0.15, 0.2) is 5.96 Å². The minimum Gasteiger partial charge on any atom is -0.490 e. The fourth-order valence-electron chi connectivity index (χ4n) is 3.41. The lowest BCUT2D eigenvalue weighted by molar-refractivity contribution is 0.127. The van der Waals surface area contributed by atoms with Crippen LogP contribution in [-0.4, -0.2) is 62.7 Å². The second-order valence-electron chi connectivity index (χ2n) is 7.57. The molecule has 0 bridgehead atoms. The molecule has 3 N–H and O–H groups in total. The van der Waals surface area contributed by atoms with Crippen molar-refractivity contribution in [1.29, 1.82) is 0 Å². The zero-order valence-electron chi connectivity index (χ0n) is 18.5. The number of hydrogen-bond donors (Lipinski definition) is 3. The zero-order valence-corrected chi connectivity index (χ0v) is 20.8. The first-order chi connectivity index (χ1) is 15.2. The van der Waals surface area contributed by atoms with Gasteiger partial charge in [0.25, 0.3) is 0 Å². The predicted octanol–water partition coefficient (Wildman–Crippen LogP) is 2.61. The number of rotatable bonds is 11. The number of aromatic nitrogens is 1. The highest BCUT2D eigenvalue weighted by Crippen LogP contribution is 2.31. The summed E-state index contributed by atoms with van der Waals surface area (Å²) < 4.78 is 16.8. The van der Waals surface area contributed by atoms with Crippen LogP contribution in [0.15, 0.2) is 53.7 Å². The largest absolute Gasteiger partial charge is 0.490 e. The van der Waals surface area contributed by atoms with Crippen molar-refractivity contribution in [2.45, 2.75) is 19.4 Å². The summed E-state index contributed by atoms with van der Waals surface area (Å²) in [7, 11) is 1.74. The number of benzene rings is 1. The number of pyridine rings is 1. The quantitative estimate of drug-likeness (QED) is 0.170. The minimum absolute atomic E-state index is 0. The number of guanidine groups is 1. The first-order valence-electron chi connectivity index (χ1n) is 10.6. The van der Waals surface area contributed by atoms with Crippen molar-refractivity contribution in [3.8, 4) is 11.6 Å². The second-order valence-corrected chi connectivity index (χ2v) is 7.57. The summed E-state index contributed by atoms with van der Waals surface area (Å²) in [6.45, 7) is 3.76. The lowest BCUT2D eigenvalue weighted by atomic mass is 9.84. The summed E-state index contributed by atoms with van der Waals surface area (Å²) in [5.74, 6) is 2.10. The molecule has 0 aliphatic carbocycles. The number of aliphatic hydroxyl groups is 1. The molecule has 1 fully saturated rings. The summed E-state index contributed by atoms with van der Waals surface area (Å²) in [5.41, 5.74) is 0.988. The molecule has 1 aromatic carbocycles. The lowest BCUT2D eigenvalue weighted by Crippen LogP contribution is -2.44. The lowest BCUT2D eigenvalue weighted by Gasteiger charge is -2.27. The molecule has 0 spiro atoms. The van der Waals surface area contributed by atoms with E-state index in [0.29, 0.717) is 44.7 Å². The maximum atomic E-state index is 9.36. The van der Waals surface area contributed by atoms with E-state index in [1.807, 2.05) is 42.5 Å². The number of halogens is 1. The standard InChI is InChI=1S/C23H32N4O4.HI/c1-24-22(27-17-23(9-11-28)10-12-29-18-23)26-16-19-7-8-21(25-15-19)31-14-13-30-20-5-3-2-4-6-20;/h2-8,15,28H,9-14,16-18H2,1H3,(H2,24,26,27);1H. The van der Waals surface area contributed by atoms with E-state index in [2.05, 4.69) is 20.6 Å². The molecule has 0 amide bonds. The van der Waals surface area contributed by atoms with Crippen LogP contribution in [0.3, 0.4) is 0 Å². The minimum atomic E-state index is -0.0306. The molecule has 0 radical (unpaired) electrons. The fourth-order valence-corrected chi connectivity index (χ4v) is 3.41. The molecule has 32 heavy (non-hydrogen) atoms. The van der Waals surface area contributed by atoms with Crippen LogP contribution in [0.1, 0.15) is 18.4 Å². The third-order valence-electron chi connectivity index (χ3n) is 5.28. The molecule has 9 heteroatoms. The van der Waals surface area contributed by atoms with Crippen molar-refractivity contribution in [2.24, 2.45) is 10.4 Å². The molecule has 0 saturated carbocycles. The second kappa shape index (κ2) is 14.1. The first kappa shape index (κ1) is 26.1. The van der Waals surface area contributed by atoms with E-state index in [-0.39, 0.29) is 36.0 Å². The van der Waals surface area contributed by atoms with Crippen LogP contribution in [0.5, 0.6) is 11.6 Å². The molecular formula is C23H33IN4O4. The Labute approximate surface area is 206 Å². The van der Waals surface area contributed by atoms with Gasteiger partial charge in [-0.15, -0.1) is 24.0 Å². The number of nitrogens with one attached hydrogen (secondary N) is 2. The molecule has 3 rings (SSSR count). The molecule has 1 atom stereocenters. The van der Waals surface area contributed by atoms with Crippen LogP contribution in [0, 0.1) is 5.41 Å². The van der Waals surface area contributed by atoms with Crippen molar-refractivity contribution in [2.75, 3.05) is 46.6 Å². The summed E-state index contributed by atoms with van der Waals surface area (Å²) in [5, 5.41) is 16.0. The summed E-state index contributed by atoms with van der Waals surface area (Å²) >= 11 is 0. The van der Waals surface area contributed by atoms with E-state index in [4.69, 9.17) is 14.2 Å². The summed E-state index contributed by atoms with van der Waals surface area (Å²) in [4.78, 5) is 8.63. The van der Waals surface area contributed by atoms with Crippen molar-refractivity contribution in [1.82, 2.24) is 15.6 Å². The number of ether oxygens (including phenoxy) is 3. The smallest absolute Gasteiger partial charge is 0.213 e. The Balaban J connectivity index is 0.00000363. The van der Waals surface area contributed by atoms with E-state index in [1.54, 1.807) is 13.2 Å².